The number of benzene rings is 1. The summed E-state index contributed by atoms with van der Waals surface area (Å²) in [6.07, 6.45) is -1.38. The molecule has 0 saturated heterocycles. The lowest BCUT2D eigenvalue weighted by Gasteiger charge is -2.36. The Hall–Kier alpha value is -1.53. The van der Waals surface area contributed by atoms with Gasteiger partial charge < -0.3 is 9.84 Å². The van der Waals surface area contributed by atoms with Crippen LogP contribution in [0, 0.1) is 11.6 Å². The molecule has 0 aromatic heterocycles. The van der Waals surface area contributed by atoms with E-state index < -0.39 is 29.2 Å². The fourth-order valence-electron chi connectivity index (χ4n) is 2.07. The molecule has 0 radical (unpaired) electrons. The first-order chi connectivity index (χ1) is 10.2. The van der Waals surface area contributed by atoms with Gasteiger partial charge >= 0.3 is 5.97 Å². The Bertz CT molecular complexity index is 494. The molecule has 1 atom stereocenters. The molecule has 0 fully saturated rings. The minimum atomic E-state index is -1.38. The number of nitrogens with zero attached hydrogens (tertiary/aromatic N) is 1. The highest BCUT2D eigenvalue weighted by atomic mass is 19.1. The van der Waals surface area contributed by atoms with Gasteiger partial charge in [0.2, 0.25) is 0 Å². The molecular weight excluding hydrogens is 292 g/mol. The van der Waals surface area contributed by atoms with Crippen LogP contribution in [-0.4, -0.2) is 41.2 Å². The highest BCUT2D eigenvalue weighted by Crippen LogP contribution is 2.24. The molecule has 0 aliphatic carbocycles. The predicted molar refractivity (Wildman–Crippen MR) is 79.3 cm³/mol. The van der Waals surface area contributed by atoms with Crippen LogP contribution in [0.1, 0.15) is 39.4 Å². The lowest BCUT2D eigenvalue weighted by molar-refractivity contribution is -0.146. The van der Waals surface area contributed by atoms with Crippen LogP contribution in [0.5, 0.6) is 0 Å². The van der Waals surface area contributed by atoms with Crippen molar-refractivity contribution in [2.45, 2.75) is 39.3 Å². The van der Waals surface area contributed by atoms with E-state index in [2.05, 4.69) is 0 Å². The highest BCUT2D eigenvalue weighted by molar-refractivity contribution is 5.71. The second-order valence-corrected chi connectivity index (χ2v) is 6.01. The summed E-state index contributed by atoms with van der Waals surface area (Å²) in [6.45, 7) is 7.33. The summed E-state index contributed by atoms with van der Waals surface area (Å²) in [7, 11) is 0. The van der Waals surface area contributed by atoms with E-state index in [1.54, 1.807) is 11.8 Å². The van der Waals surface area contributed by atoms with Crippen molar-refractivity contribution in [3.8, 4) is 0 Å². The van der Waals surface area contributed by atoms with Crippen molar-refractivity contribution in [3.05, 3.63) is 35.4 Å². The van der Waals surface area contributed by atoms with E-state index in [0.29, 0.717) is 0 Å². The standard InChI is InChI=1S/C16H23F2NO3/c1-5-22-14(21)10-19(16(2,3)4)9-13(20)15-11(17)7-6-8-12(15)18/h6-8,13,20H,5,9-10H2,1-4H3. The molecule has 0 aliphatic rings. The zero-order valence-electron chi connectivity index (χ0n) is 13.4. The maximum Gasteiger partial charge on any atom is 0.320 e. The Morgan fingerprint density at radius 2 is 1.86 bits per heavy atom. The Morgan fingerprint density at radius 3 is 2.32 bits per heavy atom. The normalized spacial score (nSPS) is 13.3. The highest BCUT2D eigenvalue weighted by Gasteiger charge is 2.29. The lowest BCUT2D eigenvalue weighted by Crippen LogP contribution is -2.47. The van der Waals surface area contributed by atoms with Crippen LogP contribution in [0.15, 0.2) is 18.2 Å². The molecule has 22 heavy (non-hydrogen) atoms. The van der Waals surface area contributed by atoms with Gasteiger partial charge in [-0.2, -0.15) is 0 Å². The molecule has 0 amide bonds. The smallest absolute Gasteiger partial charge is 0.320 e. The minimum absolute atomic E-state index is 0.0650. The van der Waals surface area contributed by atoms with E-state index in [9.17, 15) is 18.7 Å². The molecule has 1 N–H and O–H groups in total. The van der Waals surface area contributed by atoms with Crippen LogP contribution in [-0.2, 0) is 9.53 Å². The summed E-state index contributed by atoms with van der Waals surface area (Å²) in [5, 5.41) is 10.2. The fraction of sp³-hybridized carbons (Fsp3) is 0.562. The molecule has 1 rings (SSSR count). The Balaban J connectivity index is 2.92. The van der Waals surface area contributed by atoms with Crippen molar-refractivity contribution in [1.29, 1.82) is 0 Å². The molecular formula is C16H23F2NO3. The van der Waals surface area contributed by atoms with E-state index in [4.69, 9.17) is 4.74 Å². The number of hydrogen-bond acceptors (Lipinski definition) is 4. The largest absolute Gasteiger partial charge is 0.465 e. The van der Waals surface area contributed by atoms with Crippen molar-refractivity contribution < 1.29 is 23.4 Å². The first kappa shape index (κ1) is 18.5. The van der Waals surface area contributed by atoms with Crippen LogP contribution in [0.4, 0.5) is 8.78 Å². The Labute approximate surface area is 129 Å². The van der Waals surface area contributed by atoms with Crippen molar-refractivity contribution in [3.63, 3.8) is 0 Å². The first-order valence-electron chi connectivity index (χ1n) is 7.19. The number of esters is 1. The van der Waals surface area contributed by atoms with E-state index in [-0.39, 0.29) is 25.3 Å². The number of carbonyl (C=O) groups is 1. The molecule has 0 spiro atoms. The topological polar surface area (TPSA) is 49.8 Å². The molecule has 1 aromatic carbocycles. The quantitative estimate of drug-likeness (QED) is 0.820. The molecule has 6 heteroatoms. The fourth-order valence-corrected chi connectivity index (χ4v) is 2.07. The molecule has 0 saturated carbocycles. The van der Waals surface area contributed by atoms with Gasteiger partial charge in [0, 0.05) is 12.1 Å². The number of aliphatic hydroxyl groups is 1. The third kappa shape index (κ3) is 5.03. The monoisotopic (exact) mass is 315 g/mol. The molecule has 4 nitrogen and oxygen atoms in total. The number of hydrogen-bond donors (Lipinski definition) is 1. The third-order valence-corrected chi connectivity index (χ3v) is 3.30. The van der Waals surface area contributed by atoms with Crippen LogP contribution >= 0.6 is 0 Å². The van der Waals surface area contributed by atoms with Gasteiger partial charge in [0.1, 0.15) is 11.6 Å². The maximum absolute atomic E-state index is 13.7. The molecule has 0 heterocycles. The second-order valence-electron chi connectivity index (χ2n) is 6.01. The lowest BCUT2D eigenvalue weighted by atomic mass is 10.0. The van der Waals surface area contributed by atoms with Gasteiger partial charge in [-0.05, 0) is 39.8 Å². The van der Waals surface area contributed by atoms with Gasteiger partial charge in [-0.15, -0.1) is 0 Å². The van der Waals surface area contributed by atoms with Crippen molar-refractivity contribution in [1.82, 2.24) is 4.90 Å². The number of rotatable bonds is 6. The Kier molecular flexibility index (Phi) is 6.44. The molecule has 1 aromatic rings. The molecule has 124 valence electrons. The first-order valence-corrected chi connectivity index (χ1v) is 7.19. The number of carbonyl (C=O) groups excluding carboxylic acids is 1. The summed E-state index contributed by atoms with van der Waals surface area (Å²) < 4.78 is 32.3. The second kappa shape index (κ2) is 7.65. The predicted octanol–water partition coefficient (Wildman–Crippen LogP) is 2.66. The van der Waals surface area contributed by atoms with Gasteiger partial charge in [-0.1, -0.05) is 6.07 Å². The van der Waals surface area contributed by atoms with Crippen molar-refractivity contribution in [2.24, 2.45) is 0 Å². The number of halogens is 2. The summed E-state index contributed by atoms with van der Waals surface area (Å²) in [5.41, 5.74) is -0.865. The number of β-amino-alcohol motifs (C(OH)–C–C–N with tert-alkyl or cyclic N) is 1. The average molecular weight is 315 g/mol. The van der Waals surface area contributed by atoms with Crippen molar-refractivity contribution in [2.75, 3.05) is 19.7 Å². The SMILES string of the molecule is CCOC(=O)CN(CC(O)c1c(F)cccc1F)C(C)(C)C. The zero-order chi connectivity index (χ0) is 16.9. The van der Waals surface area contributed by atoms with E-state index in [0.717, 1.165) is 12.1 Å². The maximum atomic E-state index is 13.7. The molecule has 0 bridgehead atoms. The summed E-state index contributed by atoms with van der Waals surface area (Å²) in [4.78, 5) is 13.3. The molecule has 0 aliphatic heterocycles. The number of ether oxygens (including phenoxy) is 1. The summed E-state index contributed by atoms with van der Waals surface area (Å²) in [5.74, 6) is -2.06. The van der Waals surface area contributed by atoms with Crippen molar-refractivity contribution >= 4 is 5.97 Å². The third-order valence-electron chi connectivity index (χ3n) is 3.30. The zero-order valence-corrected chi connectivity index (χ0v) is 13.4. The van der Waals surface area contributed by atoms with Crippen LogP contribution in [0.3, 0.4) is 0 Å². The van der Waals surface area contributed by atoms with Gasteiger partial charge in [-0.3, -0.25) is 9.69 Å². The average Bonchev–Trinajstić information content (AvgIpc) is 2.36. The number of aliphatic hydroxyl groups excluding tert-OH is 1. The summed E-state index contributed by atoms with van der Waals surface area (Å²) in [6, 6.07) is 3.42. The molecule has 1 unspecified atom stereocenters. The van der Waals surface area contributed by atoms with Gasteiger partial charge in [-0.25, -0.2) is 8.78 Å². The van der Waals surface area contributed by atoms with E-state index >= 15 is 0 Å². The van der Waals surface area contributed by atoms with Gasteiger partial charge in [0.05, 0.1) is 24.8 Å². The van der Waals surface area contributed by atoms with E-state index in [1.807, 2.05) is 20.8 Å². The van der Waals surface area contributed by atoms with Crippen LogP contribution in [0.25, 0.3) is 0 Å². The van der Waals surface area contributed by atoms with Gasteiger partial charge in [0.25, 0.3) is 0 Å². The van der Waals surface area contributed by atoms with Gasteiger partial charge in [0.15, 0.2) is 0 Å². The van der Waals surface area contributed by atoms with Crippen LogP contribution < -0.4 is 0 Å². The summed E-state index contributed by atoms with van der Waals surface area (Å²) >= 11 is 0. The Morgan fingerprint density at radius 1 is 1.32 bits per heavy atom. The van der Waals surface area contributed by atoms with E-state index in [1.165, 1.54) is 6.07 Å². The van der Waals surface area contributed by atoms with Crippen LogP contribution in [0.2, 0.25) is 0 Å². The minimum Gasteiger partial charge on any atom is -0.465 e.